The summed E-state index contributed by atoms with van der Waals surface area (Å²) in [5.74, 6) is 0.705. The van der Waals surface area contributed by atoms with Gasteiger partial charge in [-0.15, -0.1) is 0 Å². The second-order valence-electron chi connectivity index (χ2n) is 4.22. The molecule has 0 aromatic heterocycles. The Bertz CT molecular complexity index is 381. The number of aryl methyl sites for hydroxylation is 1. The zero-order valence-corrected chi connectivity index (χ0v) is 10.6. The molecule has 0 saturated carbocycles. The molecule has 0 radical (unpaired) electrons. The van der Waals surface area contributed by atoms with Gasteiger partial charge in [0.05, 0.1) is 11.5 Å². The van der Waals surface area contributed by atoms with E-state index in [0.717, 1.165) is 18.5 Å². The molecular formula is C13H21N3. The van der Waals surface area contributed by atoms with E-state index in [1.165, 1.54) is 11.3 Å². The second-order valence-corrected chi connectivity index (χ2v) is 4.22. The van der Waals surface area contributed by atoms with E-state index in [1.54, 1.807) is 0 Å². The van der Waals surface area contributed by atoms with Gasteiger partial charge in [-0.3, -0.25) is 0 Å². The minimum atomic E-state index is 0.705. The summed E-state index contributed by atoms with van der Waals surface area (Å²) in [6.45, 7) is 4.20. The van der Waals surface area contributed by atoms with Crippen molar-refractivity contribution >= 4 is 17.2 Å². The number of anilines is 1. The molecule has 0 unspecified atom stereocenters. The SMILES string of the molecule is CCCC(N)=Nc1ccc(C)c(N(C)C)c1. The molecular weight excluding hydrogens is 198 g/mol. The van der Waals surface area contributed by atoms with Crippen LogP contribution in [0.5, 0.6) is 0 Å². The minimum Gasteiger partial charge on any atom is -0.387 e. The normalized spacial score (nSPS) is 11.6. The van der Waals surface area contributed by atoms with Crippen molar-refractivity contribution in [1.29, 1.82) is 0 Å². The fraction of sp³-hybridized carbons (Fsp3) is 0.462. The summed E-state index contributed by atoms with van der Waals surface area (Å²) in [4.78, 5) is 6.49. The fourth-order valence-corrected chi connectivity index (χ4v) is 1.63. The number of nitrogens with two attached hydrogens (primary N) is 1. The highest BCUT2D eigenvalue weighted by Gasteiger charge is 2.02. The highest BCUT2D eigenvalue weighted by atomic mass is 15.1. The van der Waals surface area contributed by atoms with E-state index in [-0.39, 0.29) is 0 Å². The molecule has 1 aromatic carbocycles. The van der Waals surface area contributed by atoms with E-state index in [2.05, 4.69) is 35.9 Å². The summed E-state index contributed by atoms with van der Waals surface area (Å²) in [5.41, 5.74) is 9.18. The van der Waals surface area contributed by atoms with Crippen molar-refractivity contribution in [2.75, 3.05) is 19.0 Å². The smallest absolute Gasteiger partial charge is 0.0996 e. The molecule has 0 aliphatic rings. The predicted octanol–water partition coefficient (Wildman–Crippen LogP) is 2.85. The molecule has 88 valence electrons. The van der Waals surface area contributed by atoms with Crippen LogP contribution in [0.1, 0.15) is 25.3 Å². The van der Waals surface area contributed by atoms with Gasteiger partial charge in [0.2, 0.25) is 0 Å². The molecule has 0 aliphatic carbocycles. The Morgan fingerprint density at radius 1 is 1.38 bits per heavy atom. The molecule has 0 fully saturated rings. The van der Waals surface area contributed by atoms with Crippen LogP contribution in [0.3, 0.4) is 0 Å². The first-order valence-electron chi connectivity index (χ1n) is 5.65. The first-order chi connectivity index (χ1) is 7.54. The van der Waals surface area contributed by atoms with Crippen molar-refractivity contribution < 1.29 is 0 Å². The highest BCUT2D eigenvalue weighted by Crippen LogP contribution is 2.24. The van der Waals surface area contributed by atoms with Crippen LogP contribution in [0.15, 0.2) is 23.2 Å². The molecule has 0 amide bonds. The van der Waals surface area contributed by atoms with Crippen molar-refractivity contribution in [3.8, 4) is 0 Å². The third-order valence-corrected chi connectivity index (χ3v) is 2.45. The molecule has 2 N–H and O–H groups in total. The number of rotatable bonds is 4. The average molecular weight is 219 g/mol. The van der Waals surface area contributed by atoms with E-state index in [0.29, 0.717) is 5.84 Å². The van der Waals surface area contributed by atoms with Gasteiger partial charge in [0.25, 0.3) is 0 Å². The summed E-state index contributed by atoms with van der Waals surface area (Å²) in [6, 6.07) is 6.15. The van der Waals surface area contributed by atoms with E-state index >= 15 is 0 Å². The Kier molecular flexibility index (Phi) is 4.35. The van der Waals surface area contributed by atoms with Gasteiger partial charge in [-0.05, 0) is 31.0 Å². The monoisotopic (exact) mass is 219 g/mol. The van der Waals surface area contributed by atoms with E-state index in [9.17, 15) is 0 Å². The second kappa shape index (κ2) is 5.54. The Labute approximate surface area is 98.0 Å². The Balaban J connectivity index is 2.99. The van der Waals surface area contributed by atoms with Gasteiger partial charge in [-0.2, -0.15) is 0 Å². The van der Waals surface area contributed by atoms with Crippen LogP contribution in [-0.2, 0) is 0 Å². The van der Waals surface area contributed by atoms with Crippen molar-refractivity contribution in [1.82, 2.24) is 0 Å². The number of hydrogen-bond acceptors (Lipinski definition) is 2. The lowest BCUT2D eigenvalue weighted by atomic mass is 10.1. The van der Waals surface area contributed by atoms with Crippen molar-refractivity contribution in [3.05, 3.63) is 23.8 Å². The molecule has 0 heterocycles. The van der Waals surface area contributed by atoms with Gasteiger partial charge in [0.1, 0.15) is 0 Å². The molecule has 0 aliphatic heterocycles. The van der Waals surface area contributed by atoms with Crippen LogP contribution < -0.4 is 10.6 Å². The quantitative estimate of drug-likeness (QED) is 0.625. The zero-order valence-electron chi connectivity index (χ0n) is 10.6. The number of amidine groups is 1. The van der Waals surface area contributed by atoms with E-state index in [4.69, 9.17) is 5.73 Å². The van der Waals surface area contributed by atoms with Crippen molar-refractivity contribution in [2.45, 2.75) is 26.7 Å². The van der Waals surface area contributed by atoms with Crippen LogP contribution >= 0.6 is 0 Å². The third kappa shape index (κ3) is 3.26. The number of hydrogen-bond donors (Lipinski definition) is 1. The van der Waals surface area contributed by atoms with Gasteiger partial charge in [-0.25, -0.2) is 4.99 Å². The largest absolute Gasteiger partial charge is 0.387 e. The van der Waals surface area contributed by atoms with Crippen LogP contribution in [0.4, 0.5) is 11.4 Å². The zero-order chi connectivity index (χ0) is 12.1. The van der Waals surface area contributed by atoms with Gasteiger partial charge < -0.3 is 10.6 Å². The molecule has 1 rings (SSSR count). The predicted molar refractivity (Wildman–Crippen MR) is 71.7 cm³/mol. The van der Waals surface area contributed by atoms with Crippen LogP contribution in [-0.4, -0.2) is 19.9 Å². The molecule has 3 heteroatoms. The molecule has 3 nitrogen and oxygen atoms in total. The molecule has 16 heavy (non-hydrogen) atoms. The first kappa shape index (κ1) is 12.6. The Morgan fingerprint density at radius 3 is 2.62 bits per heavy atom. The van der Waals surface area contributed by atoms with E-state index in [1.807, 2.05) is 20.2 Å². The number of aliphatic imine (C=N–C) groups is 1. The molecule has 0 saturated heterocycles. The summed E-state index contributed by atoms with van der Waals surface area (Å²) >= 11 is 0. The molecule has 1 aromatic rings. The van der Waals surface area contributed by atoms with Crippen LogP contribution in [0.25, 0.3) is 0 Å². The van der Waals surface area contributed by atoms with Crippen LogP contribution in [0, 0.1) is 6.92 Å². The van der Waals surface area contributed by atoms with Crippen molar-refractivity contribution in [3.63, 3.8) is 0 Å². The summed E-state index contributed by atoms with van der Waals surface area (Å²) in [5, 5.41) is 0. The lowest BCUT2D eigenvalue weighted by Gasteiger charge is -2.15. The summed E-state index contributed by atoms with van der Waals surface area (Å²) in [7, 11) is 4.07. The van der Waals surface area contributed by atoms with Crippen molar-refractivity contribution in [2.24, 2.45) is 10.7 Å². The Hall–Kier alpha value is -1.51. The highest BCUT2D eigenvalue weighted by molar-refractivity contribution is 5.83. The summed E-state index contributed by atoms with van der Waals surface area (Å²) < 4.78 is 0. The van der Waals surface area contributed by atoms with Gasteiger partial charge in [0.15, 0.2) is 0 Å². The van der Waals surface area contributed by atoms with E-state index < -0.39 is 0 Å². The minimum absolute atomic E-state index is 0.705. The summed E-state index contributed by atoms with van der Waals surface area (Å²) in [6.07, 6.45) is 1.88. The first-order valence-corrected chi connectivity index (χ1v) is 5.65. The number of nitrogens with zero attached hydrogens (tertiary/aromatic N) is 2. The molecule has 0 bridgehead atoms. The van der Waals surface area contributed by atoms with Crippen LogP contribution in [0.2, 0.25) is 0 Å². The number of benzene rings is 1. The molecule has 0 atom stereocenters. The maximum Gasteiger partial charge on any atom is 0.0996 e. The average Bonchev–Trinajstić information content (AvgIpc) is 2.21. The Morgan fingerprint density at radius 2 is 2.06 bits per heavy atom. The van der Waals surface area contributed by atoms with Gasteiger partial charge in [0, 0.05) is 26.2 Å². The lowest BCUT2D eigenvalue weighted by molar-refractivity contribution is 0.983. The van der Waals surface area contributed by atoms with Gasteiger partial charge >= 0.3 is 0 Å². The standard InChI is InChI=1S/C13H21N3/c1-5-6-13(14)15-11-8-7-10(2)12(9-11)16(3)4/h7-9H,5-6H2,1-4H3,(H2,14,15). The third-order valence-electron chi connectivity index (χ3n) is 2.45. The fourth-order valence-electron chi connectivity index (χ4n) is 1.63. The maximum absolute atomic E-state index is 5.82. The lowest BCUT2D eigenvalue weighted by Crippen LogP contribution is -2.11. The maximum atomic E-state index is 5.82. The van der Waals surface area contributed by atoms with Gasteiger partial charge in [-0.1, -0.05) is 13.0 Å². The molecule has 0 spiro atoms. The topological polar surface area (TPSA) is 41.6 Å².